The van der Waals surface area contributed by atoms with Crippen molar-refractivity contribution in [3.63, 3.8) is 0 Å². The van der Waals surface area contributed by atoms with Crippen molar-refractivity contribution in [2.45, 2.75) is 38.7 Å². The smallest absolute Gasteiger partial charge is 0.338 e. The average molecular weight is 393 g/mol. The van der Waals surface area contributed by atoms with Crippen LogP contribution < -0.4 is 0 Å². The van der Waals surface area contributed by atoms with Crippen molar-refractivity contribution in [3.05, 3.63) is 51.3 Å². The third kappa shape index (κ3) is 4.14. The molecule has 28 heavy (non-hydrogen) atoms. The molecule has 2 rings (SSSR count). The van der Waals surface area contributed by atoms with Gasteiger partial charge in [0.05, 0.1) is 35.2 Å². The maximum absolute atomic E-state index is 12.7. The molecule has 0 aromatic heterocycles. The van der Waals surface area contributed by atoms with Crippen molar-refractivity contribution in [3.8, 4) is 0 Å². The van der Waals surface area contributed by atoms with Crippen molar-refractivity contribution in [1.29, 1.82) is 0 Å². The molecular formula is C19H23NO8. The van der Waals surface area contributed by atoms with Gasteiger partial charge in [0.1, 0.15) is 5.76 Å². The van der Waals surface area contributed by atoms with E-state index in [1.54, 1.807) is 13.8 Å². The number of aliphatic hydroxyl groups excluding tert-OH is 1. The van der Waals surface area contributed by atoms with E-state index in [0.717, 1.165) is 0 Å². The van der Waals surface area contributed by atoms with Crippen LogP contribution in [0.3, 0.4) is 0 Å². The summed E-state index contributed by atoms with van der Waals surface area (Å²) < 4.78 is 10.1. The van der Waals surface area contributed by atoms with Crippen LogP contribution in [0.1, 0.15) is 38.7 Å². The molecule has 0 radical (unpaired) electrons. The van der Waals surface area contributed by atoms with Crippen LogP contribution in [0.2, 0.25) is 0 Å². The molecule has 1 aliphatic rings. The van der Waals surface area contributed by atoms with E-state index in [-0.39, 0.29) is 36.5 Å². The predicted molar refractivity (Wildman–Crippen MR) is 97.5 cm³/mol. The molecule has 9 nitrogen and oxygen atoms in total. The van der Waals surface area contributed by atoms with Gasteiger partial charge in [-0.1, -0.05) is 12.1 Å². The summed E-state index contributed by atoms with van der Waals surface area (Å²) in [6.45, 7) is 4.59. The number of non-ortho nitro benzene ring substituents is 1. The van der Waals surface area contributed by atoms with E-state index >= 15 is 0 Å². The Hall–Kier alpha value is -2.94. The average Bonchev–Trinajstić information content (AvgIpc) is 2.60. The summed E-state index contributed by atoms with van der Waals surface area (Å²) in [6.07, 6.45) is -0.365. The topological polar surface area (TPSA) is 136 Å². The Balaban J connectivity index is 2.72. The van der Waals surface area contributed by atoms with E-state index in [4.69, 9.17) is 9.47 Å². The van der Waals surface area contributed by atoms with Crippen LogP contribution in [0.15, 0.2) is 35.6 Å². The molecule has 0 bridgehead atoms. The van der Waals surface area contributed by atoms with Gasteiger partial charge in [0, 0.05) is 24.5 Å². The second-order valence-electron chi connectivity index (χ2n) is 6.67. The first-order valence-corrected chi connectivity index (χ1v) is 8.86. The first-order chi connectivity index (χ1) is 13.1. The Morgan fingerprint density at radius 3 is 2.50 bits per heavy atom. The number of aliphatic hydroxyl groups is 2. The molecule has 1 aromatic carbocycles. The highest BCUT2D eigenvalue weighted by molar-refractivity contribution is 5.93. The minimum atomic E-state index is -1.75. The highest BCUT2D eigenvalue weighted by Crippen LogP contribution is 2.47. The Morgan fingerprint density at radius 1 is 1.29 bits per heavy atom. The Labute approximate surface area is 161 Å². The van der Waals surface area contributed by atoms with Crippen LogP contribution in [0.5, 0.6) is 0 Å². The van der Waals surface area contributed by atoms with Gasteiger partial charge >= 0.3 is 11.9 Å². The van der Waals surface area contributed by atoms with Gasteiger partial charge in [-0.3, -0.25) is 14.9 Å². The maximum Gasteiger partial charge on any atom is 0.338 e. The lowest BCUT2D eigenvalue weighted by Gasteiger charge is -2.41. The Bertz CT molecular complexity index is 814. The van der Waals surface area contributed by atoms with Gasteiger partial charge in [-0.2, -0.15) is 0 Å². The molecule has 0 unspecified atom stereocenters. The first kappa shape index (κ1) is 21.4. The second kappa shape index (κ2) is 8.39. The van der Waals surface area contributed by atoms with E-state index in [1.165, 1.54) is 31.2 Å². The molecule has 9 heteroatoms. The van der Waals surface area contributed by atoms with E-state index in [2.05, 4.69) is 0 Å². The highest BCUT2D eigenvalue weighted by Gasteiger charge is 2.52. The van der Waals surface area contributed by atoms with Crippen LogP contribution in [-0.4, -0.2) is 45.9 Å². The first-order valence-electron chi connectivity index (χ1n) is 8.86. The fourth-order valence-corrected chi connectivity index (χ4v) is 3.52. The number of benzene rings is 1. The lowest BCUT2D eigenvalue weighted by molar-refractivity contribution is -0.384. The van der Waals surface area contributed by atoms with Gasteiger partial charge in [0.2, 0.25) is 0 Å². The number of carbonyl (C=O) groups is 2. The molecule has 2 N–H and O–H groups in total. The summed E-state index contributed by atoms with van der Waals surface area (Å²) in [5.74, 6) is -4.52. The third-order valence-electron chi connectivity index (χ3n) is 4.63. The number of carbonyl (C=O) groups excluding carboxylic acids is 2. The number of hydrogen-bond donors (Lipinski definition) is 2. The molecule has 0 heterocycles. The molecular weight excluding hydrogens is 370 g/mol. The molecule has 0 amide bonds. The molecule has 1 aromatic rings. The Morgan fingerprint density at radius 2 is 1.93 bits per heavy atom. The third-order valence-corrected chi connectivity index (χ3v) is 4.63. The summed E-state index contributed by atoms with van der Waals surface area (Å²) in [5, 5.41) is 32.5. The molecule has 0 spiro atoms. The van der Waals surface area contributed by atoms with Crippen LogP contribution in [0.25, 0.3) is 0 Å². The molecule has 0 saturated heterocycles. The summed E-state index contributed by atoms with van der Waals surface area (Å²) in [6, 6.07) is 5.35. The van der Waals surface area contributed by atoms with E-state index in [0.29, 0.717) is 0 Å². The van der Waals surface area contributed by atoms with Crippen molar-refractivity contribution in [1.82, 2.24) is 0 Å². The zero-order valence-corrected chi connectivity index (χ0v) is 15.9. The van der Waals surface area contributed by atoms with Gasteiger partial charge < -0.3 is 19.7 Å². The number of nitro groups is 1. The standard InChI is InChI=1S/C19H23NO8/c1-4-27-17(22)15-13(21)10-19(3,24)16(18(23)28-5-2)14(15)11-7-6-8-12(9-11)20(25)26/h6-9,14,16,21,24H,4-5,10H2,1-3H3/t14-,16+,19+/m1/s1. The molecule has 0 fully saturated rings. The van der Waals surface area contributed by atoms with Gasteiger partial charge in [-0.25, -0.2) is 4.79 Å². The number of nitro benzene ring substituents is 1. The number of ether oxygens (including phenoxy) is 2. The minimum Gasteiger partial charge on any atom is -0.512 e. The number of nitrogens with zero attached hydrogens (tertiary/aromatic N) is 1. The van der Waals surface area contributed by atoms with Crippen LogP contribution in [0.4, 0.5) is 5.69 Å². The van der Waals surface area contributed by atoms with E-state index in [1.807, 2.05) is 0 Å². The Kier molecular flexibility index (Phi) is 6.40. The minimum absolute atomic E-state index is 0.0255. The van der Waals surface area contributed by atoms with Gasteiger partial charge in [0.25, 0.3) is 5.69 Å². The molecule has 0 saturated carbocycles. The van der Waals surface area contributed by atoms with Crippen molar-refractivity contribution >= 4 is 17.6 Å². The normalized spacial score (nSPS) is 24.6. The number of hydrogen-bond acceptors (Lipinski definition) is 8. The van der Waals surface area contributed by atoms with Crippen LogP contribution >= 0.6 is 0 Å². The van der Waals surface area contributed by atoms with Gasteiger partial charge in [0.15, 0.2) is 0 Å². The summed E-state index contributed by atoms with van der Waals surface area (Å²) >= 11 is 0. The predicted octanol–water partition coefficient (Wildman–Crippen LogP) is 2.39. The fraction of sp³-hybridized carbons (Fsp3) is 0.474. The SMILES string of the molecule is CCOC(=O)C1=C(O)C[C@](C)(O)[C@H](C(=O)OCC)[C@@H]1c1cccc([N+](=O)[O-])c1. The second-order valence-corrected chi connectivity index (χ2v) is 6.67. The lowest BCUT2D eigenvalue weighted by Crippen LogP contribution is -2.49. The summed E-state index contributed by atoms with van der Waals surface area (Å²) in [4.78, 5) is 35.8. The van der Waals surface area contributed by atoms with E-state index in [9.17, 15) is 29.9 Å². The van der Waals surface area contributed by atoms with Gasteiger partial charge in [-0.05, 0) is 26.3 Å². The molecule has 3 atom stereocenters. The summed E-state index contributed by atoms with van der Waals surface area (Å²) in [5.41, 5.74) is -2.01. The van der Waals surface area contributed by atoms with Crippen LogP contribution in [0, 0.1) is 16.0 Å². The molecule has 1 aliphatic carbocycles. The highest BCUT2D eigenvalue weighted by atomic mass is 16.6. The number of rotatable bonds is 6. The molecule has 152 valence electrons. The van der Waals surface area contributed by atoms with Crippen molar-refractivity contribution in [2.75, 3.05) is 13.2 Å². The number of esters is 2. The summed E-state index contributed by atoms with van der Waals surface area (Å²) in [7, 11) is 0. The monoisotopic (exact) mass is 393 g/mol. The fourth-order valence-electron chi connectivity index (χ4n) is 3.52. The zero-order chi connectivity index (χ0) is 21.1. The lowest BCUT2D eigenvalue weighted by atomic mass is 9.66. The van der Waals surface area contributed by atoms with E-state index < -0.39 is 40.1 Å². The largest absolute Gasteiger partial charge is 0.512 e. The van der Waals surface area contributed by atoms with Crippen molar-refractivity contribution in [2.24, 2.45) is 5.92 Å². The quantitative estimate of drug-likeness (QED) is 0.427. The van der Waals surface area contributed by atoms with Gasteiger partial charge in [-0.15, -0.1) is 0 Å². The van der Waals surface area contributed by atoms with Crippen molar-refractivity contribution < 1.29 is 34.2 Å². The zero-order valence-electron chi connectivity index (χ0n) is 15.9. The molecule has 0 aliphatic heterocycles. The maximum atomic E-state index is 12.7. The van der Waals surface area contributed by atoms with Crippen LogP contribution in [-0.2, 0) is 19.1 Å².